The van der Waals surface area contributed by atoms with Gasteiger partial charge in [0.05, 0.1) is 18.4 Å². The summed E-state index contributed by atoms with van der Waals surface area (Å²) in [4.78, 5) is 27.3. The van der Waals surface area contributed by atoms with Gasteiger partial charge in [0.1, 0.15) is 5.75 Å². The van der Waals surface area contributed by atoms with E-state index in [9.17, 15) is 9.59 Å². The highest BCUT2D eigenvalue weighted by atomic mass is 32.2. The maximum atomic E-state index is 12.6. The van der Waals surface area contributed by atoms with Gasteiger partial charge in [-0.05, 0) is 43.0 Å². The van der Waals surface area contributed by atoms with Crippen LogP contribution in [0.4, 0.5) is 11.4 Å². The SMILES string of the molecule is COc1ccc(NC(=O)c2ccccc2SC)cc1N1CCCC1=O. The maximum Gasteiger partial charge on any atom is 0.256 e. The van der Waals surface area contributed by atoms with Gasteiger partial charge in [0, 0.05) is 23.5 Å². The summed E-state index contributed by atoms with van der Waals surface area (Å²) in [6.45, 7) is 0.669. The van der Waals surface area contributed by atoms with Crippen LogP contribution in [-0.2, 0) is 4.79 Å². The molecule has 1 saturated heterocycles. The van der Waals surface area contributed by atoms with E-state index in [0.29, 0.717) is 35.7 Å². The molecule has 0 unspecified atom stereocenters. The Hall–Kier alpha value is -2.47. The molecule has 2 aromatic rings. The molecule has 1 fully saturated rings. The summed E-state index contributed by atoms with van der Waals surface area (Å²) in [5, 5.41) is 2.92. The van der Waals surface area contributed by atoms with Gasteiger partial charge in [-0.2, -0.15) is 0 Å². The lowest BCUT2D eigenvalue weighted by atomic mass is 10.2. The molecular formula is C19H20N2O3S. The van der Waals surface area contributed by atoms with Crippen LogP contribution in [0.2, 0.25) is 0 Å². The molecule has 1 aliphatic heterocycles. The Kier molecular flexibility index (Phi) is 5.28. The van der Waals surface area contributed by atoms with E-state index in [1.165, 1.54) is 11.8 Å². The van der Waals surface area contributed by atoms with Gasteiger partial charge in [-0.25, -0.2) is 0 Å². The Balaban J connectivity index is 1.88. The summed E-state index contributed by atoms with van der Waals surface area (Å²) < 4.78 is 5.38. The van der Waals surface area contributed by atoms with E-state index in [1.54, 1.807) is 36.3 Å². The monoisotopic (exact) mass is 356 g/mol. The molecule has 0 saturated carbocycles. The second-order valence-corrected chi connectivity index (χ2v) is 6.54. The number of amides is 2. The first-order valence-electron chi connectivity index (χ1n) is 8.07. The van der Waals surface area contributed by atoms with E-state index < -0.39 is 0 Å². The van der Waals surface area contributed by atoms with Gasteiger partial charge in [0.25, 0.3) is 5.91 Å². The average molecular weight is 356 g/mol. The van der Waals surface area contributed by atoms with Crippen molar-refractivity contribution in [2.75, 3.05) is 30.1 Å². The zero-order valence-electron chi connectivity index (χ0n) is 14.2. The van der Waals surface area contributed by atoms with E-state index in [4.69, 9.17) is 4.74 Å². The van der Waals surface area contributed by atoms with E-state index >= 15 is 0 Å². The van der Waals surface area contributed by atoms with Crippen molar-refractivity contribution < 1.29 is 14.3 Å². The molecule has 0 bridgehead atoms. The van der Waals surface area contributed by atoms with Gasteiger partial charge >= 0.3 is 0 Å². The van der Waals surface area contributed by atoms with Crippen LogP contribution >= 0.6 is 11.8 Å². The van der Waals surface area contributed by atoms with Gasteiger partial charge in [-0.15, -0.1) is 11.8 Å². The number of nitrogens with one attached hydrogen (secondary N) is 1. The lowest BCUT2D eigenvalue weighted by Crippen LogP contribution is -2.24. The van der Waals surface area contributed by atoms with Crippen molar-refractivity contribution in [2.24, 2.45) is 0 Å². The largest absolute Gasteiger partial charge is 0.495 e. The minimum absolute atomic E-state index is 0.0782. The molecule has 130 valence electrons. The van der Waals surface area contributed by atoms with Gasteiger partial charge < -0.3 is 15.0 Å². The van der Waals surface area contributed by atoms with Crippen LogP contribution in [0.1, 0.15) is 23.2 Å². The highest BCUT2D eigenvalue weighted by Crippen LogP contribution is 2.34. The standard InChI is InChI=1S/C19H20N2O3S/c1-24-16-10-9-13(12-15(16)21-11-5-8-18(21)22)20-19(23)14-6-3-4-7-17(14)25-2/h3-4,6-7,9-10,12H,5,8,11H2,1-2H3,(H,20,23). The summed E-state index contributed by atoms with van der Waals surface area (Å²) >= 11 is 1.53. The summed E-state index contributed by atoms with van der Waals surface area (Å²) in [6.07, 6.45) is 3.32. The van der Waals surface area contributed by atoms with Crippen molar-refractivity contribution in [1.29, 1.82) is 0 Å². The fourth-order valence-electron chi connectivity index (χ4n) is 2.91. The second kappa shape index (κ2) is 7.61. The van der Waals surface area contributed by atoms with E-state index in [2.05, 4.69) is 5.32 Å². The Labute approximate surface area is 151 Å². The number of hydrogen-bond donors (Lipinski definition) is 1. The number of ether oxygens (including phenoxy) is 1. The van der Waals surface area contributed by atoms with Crippen molar-refractivity contribution in [3.8, 4) is 5.75 Å². The number of nitrogens with zero attached hydrogens (tertiary/aromatic N) is 1. The fourth-order valence-corrected chi connectivity index (χ4v) is 3.51. The molecule has 3 rings (SSSR count). The maximum absolute atomic E-state index is 12.6. The number of rotatable bonds is 5. The third-order valence-corrected chi connectivity index (χ3v) is 4.95. The van der Waals surface area contributed by atoms with E-state index in [-0.39, 0.29) is 11.8 Å². The number of anilines is 2. The summed E-state index contributed by atoms with van der Waals surface area (Å²) in [5.74, 6) is 0.529. The molecule has 2 amide bonds. The van der Waals surface area contributed by atoms with Crippen molar-refractivity contribution in [2.45, 2.75) is 17.7 Å². The number of carbonyl (C=O) groups excluding carboxylic acids is 2. The number of carbonyl (C=O) groups is 2. The average Bonchev–Trinajstić information content (AvgIpc) is 3.07. The molecule has 5 nitrogen and oxygen atoms in total. The molecule has 6 heteroatoms. The molecule has 25 heavy (non-hydrogen) atoms. The van der Waals surface area contributed by atoms with Crippen molar-refractivity contribution in [3.63, 3.8) is 0 Å². The van der Waals surface area contributed by atoms with Crippen LogP contribution in [0.3, 0.4) is 0 Å². The predicted molar refractivity (Wildman–Crippen MR) is 101 cm³/mol. The molecule has 1 aliphatic rings. The van der Waals surface area contributed by atoms with E-state index in [1.807, 2.05) is 24.5 Å². The minimum atomic E-state index is -0.172. The number of thioether (sulfide) groups is 1. The van der Waals surface area contributed by atoms with Crippen LogP contribution in [0.15, 0.2) is 47.4 Å². The molecule has 0 atom stereocenters. The molecule has 0 spiro atoms. The highest BCUT2D eigenvalue weighted by molar-refractivity contribution is 7.98. The van der Waals surface area contributed by atoms with Gasteiger partial charge in [-0.1, -0.05) is 12.1 Å². The summed E-state index contributed by atoms with van der Waals surface area (Å²) in [6, 6.07) is 12.8. The van der Waals surface area contributed by atoms with Crippen LogP contribution in [0.5, 0.6) is 5.75 Å². The van der Waals surface area contributed by atoms with Crippen molar-refractivity contribution in [3.05, 3.63) is 48.0 Å². The zero-order chi connectivity index (χ0) is 17.8. The third-order valence-electron chi connectivity index (χ3n) is 4.15. The molecular weight excluding hydrogens is 336 g/mol. The smallest absolute Gasteiger partial charge is 0.256 e. The summed E-state index contributed by atoms with van der Waals surface area (Å²) in [5.41, 5.74) is 1.96. The number of methoxy groups -OCH3 is 1. The van der Waals surface area contributed by atoms with Crippen LogP contribution in [0, 0.1) is 0 Å². The topological polar surface area (TPSA) is 58.6 Å². The highest BCUT2D eigenvalue weighted by Gasteiger charge is 2.25. The minimum Gasteiger partial charge on any atom is -0.495 e. The first-order chi connectivity index (χ1) is 12.1. The Morgan fingerprint density at radius 2 is 2.04 bits per heavy atom. The molecule has 0 aliphatic carbocycles. The Bertz CT molecular complexity index is 807. The first kappa shape index (κ1) is 17.4. The zero-order valence-corrected chi connectivity index (χ0v) is 15.1. The van der Waals surface area contributed by atoms with Gasteiger partial charge in [0.2, 0.25) is 5.91 Å². The van der Waals surface area contributed by atoms with Gasteiger partial charge in [-0.3, -0.25) is 9.59 Å². The number of benzene rings is 2. The van der Waals surface area contributed by atoms with Crippen LogP contribution in [-0.4, -0.2) is 31.7 Å². The molecule has 1 heterocycles. The normalized spacial score (nSPS) is 13.8. The van der Waals surface area contributed by atoms with Crippen LogP contribution in [0.25, 0.3) is 0 Å². The Morgan fingerprint density at radius 1 is 1.24 bits per heavy atom. The number of hydrogen-bond acceptors (Lipinski definition) is 4. The molecule has 0 aromatic heterocycles. The Morgan fingerprint density at radius 3 is 2.72 bits per heavy atom. The van der Waals surface area contributed by atoms with Gasteiger partial charge in [0.15, 0.2) is 0 Å². The third kappa shape index (κ3) is 3.64. The van der Waals surface area contributed by atoms with E-state index in [0.717, 1.165) is 11.3 Å². The predicted octanol–water partition coefficient (Wildman–Crippen LogP) is 3.80. The van der Waals surface area contributed by atoms with Crippen molar-refractivity contribution >= 4 is 35.0 Å². The molecule has 0 radical (unpaired) electrons. The fraction of sp³-hybridized carbons (Fsp3) is 0.263. The quantitative estimate of drug-likeness (QED) is 0.828. The first-order valence-corrected chi connectivity index (χ1v) is 9.29. The second-order valence-electron chi connectivity index (χ2n) is 5.69. The molecule has 2 aromatic carbocycles. The lowest BCUT2D eigenvalue weighted by Gasteiger charge is -2.20. The van der Waals surface area contributed by atoms with Crippen molar-refractivity contribution in [1.82, 2.24) is 0 Å². The summed E-state index contributed by atoms with van der Waals surface area (Å²) in [7, 11) is 1.58. The molecule has 1 N–H and O–H groups in total. The van der Waals surface area contributed by atoms with Crippen LogP contribution < -0.4 is 15.0 Å². The lowest BCUT2D eigenvalue weighted by molar-refractivity contribution is -0.117.